The maximum Gasteiger partial charge on any atom is 0.338 e. The van der Waals surface area contributed by atoms with Gasteiger partial charge in [-0.25, -0.2) is 9.37 Å². The van der Waals surface area contributed by atoms with E-state index >= 15 is 0 Å². The Hall–Kier alpha value is -3.06. The number of hydrogen-bond acceptors (Lipinski definition) is 5. The fourth-order valence-electron chi connectivity index (χ4n) is 3.99. The van der Waals surface area contributed by atoms with Crippen LogP contribution in [0.1, 0.15) is 39.7 Å². The molecule has 0 bridgehead atoms. The Morgan fingerprint density at radius 1 is 1.10 bits per heavy atom. The van der Waals surface area contributed by atoms with Gasteiger partial charge in [-0.05, 0) is 48.9 Å². The number of rotatable bonds is 5. The summed E-state index contributed by atoms with van der Waals surface area (Å²) in [6.45, 7) is 3.98. The Kier molecular flexibility index (Phi) is 6.13. The average molecular weight is 484 g/mol. The summed E-state index contributed by atoms with van der Waals surface area (Å²) in [6.07, 6.45) is 2.59. The molecule has 0 spiro atoms. The Morgan fingerprint density at radius 3 is 2.58 bits per heavy atom. The van der Waals surface area contributed by atoms with Crippen molar-refractivity contribution in [3.63, 3.8) is 0 Å². The minimum absolute atomic E-state index is 0. The molecule has 3 heterocycles. The van der Waals surface area contributed by atoms with E-state index in [-0.39, 0.29) is 29.7 Å². The molecule has 0 N–H and O–H groups in total. The molecule has 0 aliphatic carbocycles. The zero-order chi connectivity index (χ0) is 20.5. The number of furan rings is 1. The predicted octanol–water partition coefficient (Wildman–Crippen LogP) is 0.795. The molecule has 0 fully saturated rings. The average Bonchev–Trinajstić information content (AvgIpc) is 3.44. The van der Waals surface area contributed by atoms with Crippen molar-refractivity contribution in [2.75, 3.05) is 19.9 Å². The van der Waals surface area contributed by atoms with Gasteiger partial charge in [0.05, 0.1) is 24.0 Å². The van der Waals surface area contributed by atoms with Crippen molar-refractivity contribution in [1.82, 2.24) is 0 Å². The molecule has 0 atom stereocenters. The smallest absolute Gasteiger partial charge is 0.338 e. The maximum atomic E-state index is 11.9. The largest absolute Gasteiger partial charge is 1.00 e. The van der Waals surface area contributed by atoms with Gasteiger partial charge in [0.1, 0.15) is 6.54 Å². The van der Waals surface area contributed by atoms with E-state index < -0.39 is 0 Å². The third kappa shape index (κ3) is 4.10. The van der Waals surface area contributed by atoms with Gasteiger partial charge in [-0.1, -0.05) is 12.1 Å². The molecule has 2 aliphatic rings. The van der Waals surface area contributed by atoms with E-state index in [1.807, 2.05) is 42.5 Å². The van der Waals surface area contributed by atoms with Crippen molar-refractivity contribution in [2.24, 2.45) is 0 Å². The molecule has 0 amide bonds. The van der Waals surface area contributed by atoms with E-state index in [9.17, 15) is 4.79 Å². The van der Waals surface area contributed by atoms with E-state index in [0.29, 0.717) is 18.7 Å². The van der Waals surface area contributed by atoms with Gasteiger partial charge >= 0.3 is 5.97 Å². The second kappa shape index (κ2) is 8.98. The molecule has 0 unspecified atom stereocenters. The first kappa shape index (κ1) is 21.2. The summed E-state index contributed by atoms with van der Waals surface area (Å²) < 4.78 is 24.3. The van der Waals surface area contributed by atoms with Crippen LogP contribution < -0.4 is 26.5 Å². The molecule has 2 aromatic carbocycles. The molecule has 160 valence electrons. The molecule has 0 saturated carbocycles. The van der Waals surface area contributed by atoms with Gasteiger partial charge in [-0.15, -0.1) is 0 Å². The van der Waals surface area contributed by atoms with Gasteiger partial charge < -0.3 is 35.6 Å². The van der Waals surface area contributed by atoms with E-state index in [0.717, 1.165) is 47.1 Å². The molecular formula is C24H22BrNO5. The van der Waals surface area contributed by atoms with Crippen molar-refractivity contribution < 1.29 is 45.0 Å². The highest BCUT2D eigenvalue weighted by atomic mass is 79.9. The highest BCUT2D eigenvalue weighted by Crippen LogP contribution is 2.37. The highest BCUT2D eigenvalue weighted by Gasteiger charge is 2.32. The summed E-state index contributed by atoms with van der Waals surface area (Å²) in [5.41, 5.74) is 5.03. The molecule has 1 aromatic heterocycles. The van der Waals surface area contributed by atoms with Gasteiger partial charge in [-0.3, -0.25) is 0 Å². The van der Waals surface area contributed by atoms with Crippen molar-refractivity contribution in [2.45, 2.75) is 19.9 Å². The van der Waals surface area contributed by atoms with Gasteiger partial charge in [0.15, 0.2) is 23.8 Å². The van der Waals surface area contributed by atoms with E-state index in [4.69, 9.17) is 18.6 Å². The lowest BCUT2D eigenvalue weighted by atomic mass is 9.94. The lowest BCUT2D eigenvalue weighted by Gasteiger charge is -2.18. The van der Waals surface area contributed by atoms with Crippen LogP contribution in [0.4, 0.5) is 0 Å². The van der Waals surface area contributed by atoms with Crippen LogP contribution in [0.5, 0.6) is 11.5 Å². The maximum absolute atomic E-state index is 11.9. The Labute approximate surface area is 190 Å². The van der Waals surface area contributed by atoms with Gasteiger partial charge in [0.2, 0.25) is 6.79 Å². The molecule has 5 rings (SSSR count). The molecule has 3 aromatic rings. The first-order chi connectivity index (χ1) is 14.7. The lowest BCUT2D eigenvalue weighted by Crippen LogP contribution is -3.00. The van der Waals surface area contributed by atoms with E-state index in [1.54, 1.807) is 13.2 Å². The number of carbonyl (C=O) groups is 1. The molecule has 6 nitrogen and oxygen atoms in total. The SMILES string of the molecule is CCOC(=O)c1ccc(C[N+]2=C(c3ccco3)c3cc4c(cc3CC2)OCO4)cc1.[Br-]. The number of fused-ring (bicyclic) bond motifs is 2. The molecule has 0 saturated heterocycles. The minimum atomic E-state index is -0.296. The van der Waals surface area contributed by atoms with Crippen molar-refractivity contribution >= 4 is 11.7 Å². The number of esters is 1. The van der Waals surface area contributed by atoms with Crippen LogP contribution in [0, 0.1) is 0 Å². The fraction of sp³-hybridized carbons (Fsp3) is 0.250. The first-order valence-corrected chi connectivity index (χ1v) is 10.1. The zero-order valence-corrected chi connectivity index (χ0v) is 18.7. The fourth-order valence-corrected chi connectivity index (χ4v) is 3.99. The third-order valence-electron chi connectivity index (χ3n) is 5.41. The summed E-state index contributed by atoms with van der Waals surface area (Å²) in [4.78, 5) is 11.9. The van der Waals surface area contributed by atoms with Crippen LogP contribution in [0.15, 0.2) is 59.2 Å². The molecular weight excluding hydrogens is 462 g/mol. The van der Waals surface area contributed by atoms with Crippen LogP contribution in [0.2, 0.25) is 0 Å². The summed E-state index contributed by atoms with van der Waals surface area (Å²) >= 11 is 0. The number of benzene rings is 2. The quantitative estimate of drug-likeness (QED) is 0.396. The van der Waals surface area contributed by atoms with Crippen LogP contribution in [0.25, 0.3) is 0 Å². The van der Waals surface area contributed by atoms with E-state index in [1.165, 1.54) is 5.56 Å². The molecule has 7 heteroatoms. The van der Waals surface area contributed by atoms with Crippen LogP contribution in [0.3, 0.4) is 0 Å². The third-order valence-corrected chi connectivity index (χ3v) is 5.41. The summed E-state index contributed by atoms with van der Waals surface area (Å²) in [7, 11) is 0. The van der Waals surface area contributed by atoms with Crippen LogP contribution >= 0.6 is 0 Å². The predicted molar refractivity (Wildman–Crippen MR) is 109 cm³/mol. The van der Waals surface area contributed by atoms with Crippen LogP contribution in [-0.4, -0.2) is 36.2 Å². The summed E-state index contributed by atoms with van der Waals surface area (Å²) in [5, 5.41) is 0. The van der Waals surface area contributed by atoms with Crippen molar-refractivity contribution in [3.8, 4) is 11.5 Å². The number of halogens is 1. The van der Waals surface area contributed by atoms with Gasteiger partial charge in [0, 0.05) is 12.0 Å². The highest BCUT2D eigenvalue weighted by molar-refractivity contribution is 6.09. The summed E-state index contributed by atoms with van der Waals surface area (Å²) in [6, 6.07) is 15.6. The van der Waals surface area contributed by atoms with Crippen molar-refractivity contribution in [3.05, 3.63) is 82.8 Å². The number of hydrogen-bond donors (Lipinski definition) is 0. The Morgan fingerprint density at radius 2 is 1.87 bits per heavy atom. The molecule has 2 aliphatic heterocycles. The standard InChI is InChI=1S/C24H22NO5.BrH/c1-2-27-24(26)17-7-5-16(6-8-17)14-25-10-9-18-12-21-22(30-15-29-21)13-19(18)23(25)20-4-3-11-28-20;/h3-8,11-13H,2,9-10,14-15H2,1H3;1H/q+1;/p-1. The van der Waals surface area contributed by atoms with Crippen molar-refractivity contribution in [1.29, 1.82) is 0 Å². The second-order valence-electron chi connectivity index (χ2n) is 7.28. The number of carbonyl (C=O) groups excluding carboxylic acids is 1. The number of ether oxygens (including phenoxy) is 3. The molecule has 31 heavy (non-hydrogen) atoms. The first-order valence-electron chi connectivity index (χ1n) is 10.1. The molecule has 0 radical (unpaired) electrons. The number of nitrogens with zero attached hydrogens (tertiary/aromatic N) is 1. The topological polar surface area (TPSA) is 60.9 Å². The summed E-state index contributed by atoms with van der Waals surface area (Å²) in [5.74, 6) is 2.09. The monoisotopic (exact) mass is 483 g/mol. The normalized spacial score (nSPS) is 14.1. The minimum Gasteiger partial charge on any atom is -1.00 e. The Bertz CT molecular complexity index is 1120. The Balaban J connectivity index is 0.00000231. The van der Waals surface area contributed by atoms with Gasteiger partial charge in [0.25, 0.3) is 5.71 Å². The van der Waals surface area contributed by atoms with Gasteiger partial charge in [-0.2, -0.15) is 0 Å². The van der Waals surface area contributed by atoms with E-state index in [2.05, 4.69) is 10.6 Å². The second-order valence-corrected chi connectivity index (χ2v) is 7.28. The zero-order valence-electron chi connectivity index (χ0n) is 17.1. The lowest BCUT2D eigenvalue weighted by molar-refractivity contribution is -0.544. The van der Waals surface area contributed by atoms with Crippen LogP contribution in [-0.2, 0) is 17.7 Å².